The van der Waals surface area contributed by atoms with Gasteiger partial charge >= 0.3 is 5.97 Å². The van der Waals surface area contributed by atoms with Crippen molar-refractivity contribution in [3.8, 4) is 5.75 Å². The molecule has 0 saturated carbocycles. The summed E-state index contributed by atoms with van der Waals surface area (Å²) >= 11 is 0. The van der Waals surface area contributed by atoms with Crippen LogP contribution in [0.25, 0.3) is 0 Å². The van der Waals surface area contributed by atoms with Gasteiger partial charge in [0.15, 0.2) is 0 Å². The van der Waals surface area contributed by atoms with Crippen LogP contribution >= 0.6 is 0 Å². The Bertz CT molecular complexity index is 419. The minimum absolute atomic E-state index is 0.100. The Kier molecular flexibility index (Phi) is 4.07. The van der Waals surface area contributed by atoms with Crippen molar-refractivity contribution in [2.75, 3.05) is 18.6 Å². The fourth-order valence-electron chi connectivity index (χ4n) is 2.54. The van der Waals surface area contributed by atoms with E-state index in [4.69, 9.17) is 9.84 Å². The summed E-state index contributed by atoms with van der Waals surface area (Å²) in [6.45, 7) is 0.922. The van der Waals surface area contributed by atoms with Crippen molar-refractivity contribution in [3.05, 3.63) is 24.3 Å². The average Bonchev–Trinajstić information content (AvgIpc) is 2.39. The Morgan fingerprint density at radius 3 is 3.06 bits per heavy atom. The number of methoxy groups -OCH3 is 1. The number of benzene rings is 1. The van der Waals surface area contributed by atoms with Gasteiger partial charge in [0.25, 0.3) is 0 Å². The van der Waals surface area contributed by atoms with E-state index in [1.165, 1.54) is 0 Å². The SMILES string of the molecule is COc1cccc(N2CCCCC2CC(=O)O)c1. The van der Waals surface area contributed by atoms with E-state index in [-0.39, 0.29) is 12.5 Å². The molecule has 1 unspecified atom stereocenters. The molecule has 1 aliphatic rings. The fraction of sp³-hybridized carbons (Fsp3) is 0.500. The van der Waals surface area contributed by atoms with E-state index in [0.29, 0.717) is 0 Å². The van der Waals surface area contributed by atoms with Crippen molar-refractivity contribution < 1.29 is 14.6 Å². The Labute approximate surface area is 107 Å². The van der Waals surface area contributed by atoms with Crippen LogP contribution in [0.5, 0.6) is 5.75 Å². The summed E-state index contributed by atoms with van der Waals surface area (Å²) in [5.74, 6) is 0.0851. The van der Waals surface area contributed by atoms with Gasteiger partial charge in [-0.25, -0.2) is 0 Å². The summed E-state index contributed by atoms with van der Waals surface area (Å²) in [4.78, 5) is 13.1. The maximum Gasteiger partial charge on any atom is 0.305 e. The lowest BCUT2D eigenvalue weighted by Gasteiger charge is -2.37. The molecule has 0 radical (unpaired) electrons. The number of carbonyl (C=O) groups is 1. The van der Waals surface area contributed by atoms with Crippen LogP contribution in [0.3, 0.4) is 0 Å². The quantitative estimate of drug-likeness (QED) is 0.890. The molecule has 4 heteroatoms. The number of hydrogen-bond acceptors (Lipinski definition) is 3. The largest absolute Gasteiger partial charge is 0.497 e. The average molecular weight is 249 g/mol. The van der Waals surface area contributed by atoms with Crippen LogP contribution in [0, 0.1) is 0 Å². The molecule has 4 nitrogen and oxygen atoms in total. The van der Waals surface area contributed by atoms with Crippen molar-refractivity contribution in [2.45, 2.75) is 31.7 Å². The van der Waals surface area contributed by atoms with Crippen LogP contribution in [0.4, 0.5) is 5.69 Å². The van der Waals surface area contributed by atoms with Crippen molar-refractivity contribution in [2.24, 2.45) is 0 Å². The molecule has 1 aromatic rings. The van der Waals surface area contributed by atoms with Gasteiger partial charge in [0.05, 0.1) is 13.5 Å². The second-order valence-electron chi connectivity index (χ2n) is 4.64. The van der Waals surface area contributed by atoms with Gasteiger partial charge in [0.2, 0.25) is 0 Å². The second kappa shape index (κ2) is 5.76. The maximum absolute atomic E-state index is 10.9. The van der Waals surface area contributed by atoms with Crippen LogP contribution < -0.4 is 9.64 Å². The molecule has 1 fully saturated rings. The summed E-state index contributed by atoms with van der Waals surface area (Å²) in [6, 6.07) is 7.94. The highest BCUT2D eigenvalue weighted by Gasteiger charge is 2.24. The predicted octanol–water partition coefficient (Wildman–Crippen LogP) is 2.53. The number of carboxylic acid groups (broad SMARTS) is 1. The third-order valence-electron chi connectivity index (χ3n) is 3.42. The number of aliphatic carboxylic acids is 1. The Balaban J connectivity index is 2.19. The van der Waals surface area contributed by atoms with Gasteiger partial charge in [-0.2, -0.15) is 0 Å². The lowest BCUT2D eigenvalue weighted by atomic mass is 9.98. The topological polar surface area (TPSA) is 49.8 Å². The minimum Gasteiger partial charge on any atom is -0.497 e. The summed E-state index contributed by atoms with van der Waals surface area (Å²) in [6.07, 6.45) is 3.38. The predicted molar refractivity (Wildman–Crippen MR) is 70.2 cm³/mol. The van der Waals surface area contributed by atoms with E-state index in [9.17, 15) is 4.79 Å². The third kappa shape index (κ3) is 2.94. The summed E-state index contributed by atoms with van der Waals surface area (Å²) in [7, 11) is 1.64. The molecule has 0 bridgehead atoms. The first-order valence-corrected chi connectivity index (χ1v) is 6.33. The highest BCUT2D eigenvalue weighted by molar-refractivity contribution is 5.68. The molecular formula is C14H19NO3. The van der Waals surface area contributed by atoms with E-state index in [0.717, 1.165) is 37.2 Å². The number of nitrogens with zero attached hydrogens (tertiary/aromatic N) is 1. The summed E-state index contributed by atoms with van der Waals surface area (Å²) < 4.78 is 5.22. The van der Waals surface area contributed by atoms with E-state index < -0.39 is 5.97 Å². The molecule has 0 aromatic heterocycles. The molecular weight excluding hydrogens is 230 g/mol. The minimum atomic E-state index is -0.727. The number of anilines is 1. The molecule has 1 aliphatic heterocycles. The number of carboxylic acids is 1. The first kappa shape index (κ1) is 12.7. The monoisotopic (exact) mass is 249 g/mol. The molecule has 1 saturated heterocycles. The number of ether oxygens (including phenoxy) is 1. The van der Waals surface area contributed by atoms with Gasteiger partial charge in [0, 0.05) is 24.3 Å². The molecule has 18 heavy (non-hydrogen) atoms. The third-order valence-corrected chi connectivity index (χ3v) is 3.42. The number of rotatable bonds is 4. The first-order chi connectivity index (χ1) is 8.70. The van der Waals surface area contributed by atoms with Gasteiger partial charge in [-0.1, -0.05) is 6.07 Å². The Morgan fingerprint density at radius 1 is 1.50 bits per heavy atom. The maximum atomic E-state index is 10.9. The van der Waals surface area contributed by atoms with Crippen LogP contribution in [0.1, 0.15) is 25.7 Å². The van der Waals surface area contributed by atoms with Gasteiger partial charge in [-0.15, -0.1) is 0 Å². The Morgan fingerprint density at radius 2 is 2.33 bits per heavy atom. The normalized spacial score (nSPS) is 19.6. The van der Waals surface area contributed by atoms with Crippen molar-refractivity contribution in [1.29, 1.82) is 0 Å². The second-order valence-corrected chi connectivity index (χ2v) is 4.64. The zero-order valence-electron chi connectivity index (χ0n) is 10.6. The molecule has 1 heterocycles. The van der Waals surface area contributed by atoms with Gasteiger partial charge in [-0.05, 0) is 31.4 Å². The summed E-state index contributed by atoms with van der Waals surface area (Å²) in [5, 5.41) is 8.98. The smallest absolute Gasteiger partial charge is 0.305 e. The van der Waals surface area contributed by atoms with Gasteiger partial charge < -0.3 is 14.7 Å². The van der Waals surface area contributed by atoms with Crippen LogP contribution in [0.2, 0.25) is 0 Å². The fourth-order valence-corrected chi connectivity index (χ4v) is 2.54. The van der Waals surface area contributed by atoms with Crippen LogP contribution in [0.15, 0.2) is 24.3 Å². The van der Waals surface area contributed by atoms with E-state index in [2.05, 4.69) is 4.90 Å². The van der Waals surface area contributed by atoms with E-state index >= 15 is 0 Å². The van der Waals surface area contributed by atoms with E-state index in [1.54, 1.807) is 7.11 Å². The number of piperidine rings is 1. The first-order valence-electron chi connectivity index (χ1n) is 6.33. The number of hydrogen-bond donors (Lipinski definition) is 1. The van der Waals surface area contributed by atoms with Gasteiger partial charge in [0.1, 0.15) is 5.75 Å². The molecule has 0 spiro atoms. The standard InChI is InChI=1S/C14H19NO3/c1-18-13-7-4-6-11(9-13)15-8-3-2-5-12(15)10-14(16)17/h4,6-7,9,12H,2-3,5,8,10H2,1H3,(H,16,17). The zero-order chi connectivity index (χ0) is 13.0. The highest BCUT2D eigenvalue weighted by Crippen LogP contribution is 2.28. The molecule has 1 atom stereocenters. The lowest BCUT2D eigenvalue weighted by Crippen LogP contribution is -2.40. The Hall–Kier alpha value is -1.71. The molecule has 0 amide bonds. The molecule has 98 valence electrons. The van der Waals surface area contributed by atoms with Gasteiger partial charge in [-0.3, -0.25) is 4.79 Å². The van der Waals surface area contributed by atoms with Crippen molar-refractivity contribution in [3.63, 3.8) is 0 Å². The van der Waals surface area contributed by atoms with Crippen LogP contribution in [-0.2, 0) is 4.79 Å². The lowest BCUT2D eigenvalue weighted by molar-refractivity contribution is -0.137. The molecule has 2 rings (SSSR count). The highest BCUT2D eigenvalue weighted by atomic mass is 16.5. The van der Waals surface area contributed by atoms with E-state index in [1.807, 2.05) is 24.3 Å². The molecule has 1 N–H and O–H groups in total. The van der Waals surface area contributed by atoms with Crippen molar-refractivity contribution in [1.82, 2.24) is 0 Å². The van der Waals surface area contributed by atoms with Crippen LogP contribution in [-0.4, -0.2) is 30.8 Å². The van der Waals surface area contributed by atoms with Crippen molar-refractivity contribution >= 4 is 11.7 Å². The summed E-state index contributed by atoms with van der Waals surface area (Å²) in [5.41, 5.74) is 1.06. The molecule has 0 aliphatic carbocycles. The zero-order valence-corrected chi connectivity index (χ0v) is 10.6. The molecule has 1 aromatic carbocycles.